The van der Waals surface area contributed by atoms with Gasteiger partial charge < -0.3 is 34.3 Å². The lowest BCUT2D eigenvalue weighted by molar-refractivity contribution is 0.0357. The van der Waals surface area contributed by atoms with Crippen LogP contribution < -0.4 is 19.7 Å². The Labute approximate surface area is 299 Å². The average molecular weight is 725 g/mol. The molecule has 0 radical (unpaired) electrons. The molecule has 0 aliphatic carbocycles. The van der Waals surface area contributed by atoms with Crippen molar-refractivity contribution in [3.63, 3.8) is 0 Å². The molecule has 2 aromatic heterocycles. The topological polar surface area (TPSA) is 128 Å². The highest BCUT2D eigenvalue weighted by molar-refractivity contribution is 7.89. The van der Waals surface area contributed by atoms with Crippen LogP contribution in [0.4, 0.5) is 11.5 Å². The largest absolute Gasteiger partial charge is 0.493 e. The van der Waals surface area contributed by atoms with Crippen LogP contribution in [0.25, 0.3) is 21.9 Å². The molecule has 2 N–H and O–H groups in total. The maximum absolute atomic E-state index is 13.2. The number of aromatic nitrogens is 3. The molecule has 0 amide bonds. The quantitative estimate of drug-likeness (QED) is 0.140. The van der Waals surface area contributed by atoms with Gasteiger partial charge in [0, 0.05) is 76.0 Å². The van der Waals surface area contributed by atoms with Gasteiger partial charge in [-0.1, -0.05) is 13.8 Å². The Morgan fingerprint density at radius 3 is 2.40 bits per heavy atom. The summed E-state index contributed by atoms with van der Waals surface area (Å²) in [6.45, 7) is 12.9. The number of sulfonamides is 1. The highest BCUT2D eigenvalue weighted by atomic mass is 32.2. The summed E-state index contributed by atoms with van der Waals surface area (Å²) in [5.74, 6) is 2.23. The van der Waals surface area contributed by atoms with Crippen LogP contribution in [0.3, 0.4) is 0 Å². The molecule has 4 aromatic rings. The first-order valence-corrected chi connectivity index (χ1v) is 19.4. The van der Waals surface area contributed by atoms with Crippen molar-refractivity contribution in [2.75, 3.05) is 96.0 Å². The van der Waals surface area contributed by atoms with E-state index >= 15 is 0 Å². The number of ether oxygens (including phenoxy) is 3. The number of piperazine rings is 1. The van der Waals surface area contributed by atoms with E-state index in [0.29, 0.717) is 67.4 Å². The van der Waals surface area contributed by atoms with Crippen molar-refractivity contribution >= 4 is 60.8 Å². The zero-order valence-electron chi connectivity index (χ0n) is 29.2. The van der Waals surface area contributed by atoms with Crippen LogP contribution in [0, 0.1) is 0 Å². The fraction of sp³-hybridized carbons (Fsp3) is 0.514. The predicted molar refractivity (Wildman–Crippen MR) is 201 cm³/mol. The number of thiocarbonyl (C=S) groups is 1. The fourth-order valence-corrected chi connectivity index (χ4v) is 8.48. The molecule has 4 heterocycles. The van der Waals surface area contributed by atoms with Crippen molar-refractivity contribution in [2.24, 2.45) is 0 Å². The van der Waals surface area contributed by atoms with Crippen LogP contribution in [-0.4, -0.2) is 128 Å². The van der Waals surface area contributed by atoms with Gasteiger partial charge in [-0.15, -0.1) is 0 Å². The van der Waals surface area contributed by atoms with Gasteiger partial charge >= 0.3 is 0 Å². The van der Waals surface area contributed by atoms with Crippen LogP contribution in [0.2, 0.25) is 0 Å². The molecule has 15 heteroatoms. The Hall–Kier alpha value is -3.76. The molecule has 13 nitrogen and oxygen atoms in total. The van der Waals surface area contributed by atoms with E-state index in [2.05, 4.69) is 30.0 Å². The first kappa shape index (κ1) is 36.0. The lowest BCUT2D eigenvalue weighted by atomic mass is 10.1. The lowest BCUT2D eigenvalue weighted by Gasteiger charge is -2.37. The minimum Gasteiger partial charge on any atom is -0.493 e. The van der Waals surface area contributed by atoms with Gasteiger partial charge in [-0.3, -0.25) is 4.90 Å². The van der Waals surface area contributed by atoms with Crippen molar-refractivity contribution < 1.29 is 22.6 Å². The summed E-state index contributed by atoms with van der Waals surface area (Å²) >= 11 is 5.77. The van der Waals surface area contributed by atoms with E-state index < -0.39 is 10.0 Å². The van der Waals surface area contributed by atoms with E-state index in [1.54, 1.807) is 42.0 Å². The maximum Gasteiger partial charge on any atom is 0.243 e. The summed E-state index contributed by atoms with van der Waals surface area (Å²) in [7, 11) is -1.88. The summed E-state index contributed by atoms with van der Waals surface area (Å²) in [5.41, 5.74) is 2.42. The molecule has 0 bridgehead atoms. The van der Waals surface area contributed by atoms with Crippen LogP contribution in [0.5, 0.6) is 11.5 Å². The third kappa shape index (κ3) is 8.07. The number of methoxy groups -OCH3 is 1. The number of anilines is 2. The number of nitrogens with zero attached hydrogens (tertiary/aromatic N) is 6. The highest BCUT2D eigenvalue weighted by Crippen LogP contribution is 2.38. The normalized spacial score (nSPS) is 16.0. The minimum atomic E-state index is -3.54. The number of morpholine rings is 1. The van der Waals surface area contributed by atoms with E-state index in [1.165, 1.54) is 0 Å². The molecule has 0 unspecified atom stereocenters. The molecule has 50 heavy (non-hydrogen) atoms. The van der Waals surface area contributed by atoms with Crippen molar-refractivity contribution in [2.45, 2.75) is 38.0 Å². The predicted octanol–water partition coefficient (Wildman–Crippen LogP) is 4.55. The third-order valence-corrected chi connectivity index (χ3v) is 11.5. The molecule has 2 aliphatic heterocycles. The van der Waals surface area contributed by atoms with Gasteiger partial charge in [-0.05, 0) is 61.8 Å². The van der Waals surface area contributed by atoms with E-state index in [4.69, 9.17) is 31.4 Å². The number of nitrogens with one attached hydrogen (secondary N) is 2. The number of hydrogen-bond acceptors (Lipinski definition) is 10. The molecule has 2 saturated heterocycles. The first-order chi connectivity index (χ1) is 24.3. The molecular formula is C35H48N8O5S2. The minimum absolute atomic E-state index is 0.291. The maximum atomic E-state index is 13.2. The molecule has 0 saturated carbocycles. The molecule has 2 aromatic carbocycles. The number of aromatic amines is 1. The fourth-order valence-electron chi connectivity index (χ4n) is 6.56. The van der Waals surface area contributed by atoms with Crippen LogP contribution in [0.1, 0.15) is 33.1 Å². The van der Waals surface area contributed by atoms with Crippen molar-refractivity contribution in [1.82, 2.24) is 29.1 Å². The van der Waals surface area contributed by atoms with Crippen molar-refractivity contribution in [1.29, 1.82) is 0 Å². The van der Waals surface area contributed by atoms with Gasteiger partial charge in [-0.2, -0.15) is 4.31 Å². The summed E-state index contributed by atoms with van der Waals surface area (Å²) in [4.78, 5) is 19.8. The molecule has 2 fully saturated rings. The molecule has 2 aliphatic rings. The number of rotatable bonds is 14. The number of benzene rings is 2. The second-order valence-corrected chi connectivity index (χ2v) is 14.9. The monoisotopic (exact) mass is 724 g/mol. The summed E-state index contributed by atoms with van der Waals surface area (Å²) < 4.78 is 45.3. The molecule has 0 atom stereocenters. The summed E-state index contributed by atoms with van der Waals surface area (Å²) in [5, 5.41) is 5.81. The second-order valence-electron chi connectivity index (χ2n) is 12.6. The van der Waals surface area contributed by atoms with Crippen LogP contribution >= 0.6 is 12.2 Å². The molecule has 270 valence electrons. The van der Waals surface area contributed by atoms with Gasteiger partial charge in [0.05, 0.1) is 42.7 Å². The SMILES string of the molecule is CCCN(CCC)S(=O)(=O)c1ccc(NC(=S)N2CCN(c3ncnc4[nH]c5cc(OCCCN6CCOCC6)c(OC)cc5c34)CC2)cc1. The second kappa shape index (κ2) is 16.5. The Balaban J connectivity index is 1.09. The molecular weight excluding hydrogens is 677 g/mol. The van der Waals surface area contributed by atoms with Crippen molar-refractivity contribution in [3.8, 4) is 11.5 Å². The van der Waals surface area contributed by atoms with E-state index in [9.17, 15) is 8.42 Å². The summed E-state index contributed by atoms with van der Waals surface area (Å²) in [6, 6.07) is 10.8. The number of fused-ring (bicyclic) bond motifs is 3. The molecule has 6 rings (SSSR count). The standard InChI is InChI=1S/C35H48N8O5S2/c1-4-11-43(12-5-2)50(44,45)27-9-7-26(8-10-27)38-35(49)42-16-14-41(15-17-42)34-32-28-23-30(46-3)31(24-29(28)39-33(32)36-25-37-34)48-20-6-13-40-18-21-47-22-19-40/h7-10,23-25H,4-6,11-22H2,1-3H3,(H,38,49)(H,36,37,39). The lowest BCUT2D eigenvalue weighted by Crippen LogP contribution is -2.50. The molecule has 0 spiro atoms. The average Bonchev–Trinajstić information content (AvgIpc) is 3.51. The number of H-pyrrole nitrogens is 1. The third-order valence-electron chi connectivity index (χ3n) is 9.19. The highest BCUT2D eigenvalue weighted by Gasteiger charge is 2.25. The van der Waals surface area contributed by atoms with E-state index in [1.807, 2.05) is 26.0 Å². The van der Waals surface area contributed by atoms with Crippen LogP contribution in [0.15, 0.2) is 47.6 Å². The zero-order chi connectivity index (χ0) is 35.1. The first-order valence-electron chi connectivity index (χ1n) is 17.5. The smallest absolute Gasteiger partial charge is 0.243 e. The van der Waals surface area contributed by atoms with Gasteiger partial charge in [0.1, 0.15) is 17.8 Å². The Morgan fingerprint density at radius 1 is 1.00 bits per heavy atom. The number of hydrogen-bond donors (Lipinski definition) is 2. The van der Waals surface area contributed by atoms with Gasteiger partial charge in [0.15, 0.2) is 16.6 Å². The van der Waals surface area contributed by atoms with Gasteiger partial charge in [-0.25, -0.2) is 18.4 Å². The Bertz CT molecular complexity index is 1850. The Morgan fingerprint density at radius 2 is 1.72 bits per heavy atom. The zero-order valence-corrected chi connectivity index (χ0v) is 30.8. The van der Waals surface area contributed by atoms with Crippen LogP contribution in [-0.2, 0) is 14.8 Å². The van der Waals surface area contributed by atoms with E-state index in [0.717, 1.165) is 85.6 Å². The summed E-state index contributed by atoms with van der Waals surface area (Å²) in [6.07, 6.45) is 4.06. The van der Waals surface area contributed by atoms with Gasteiger partial charge in [0.25, 0.3) is 0 Å². The Kier molecular flexibility index (Phi) is 11.9. The van der Waals surface area contributed by atoms with E-state index in [-0.39, 0.29) is 0 Å². The van der Waals surface area contributed by atoms with Crippen molar-refractivity contribution in [3.05, 3.63) is 42.7 Å². The van der Waals surface area contributed by atoms with Gasteiger partial charge in [0.2, 0.25) is 10.0 Å².